The van der Waals surface area contributed by atoms with Crippen molar-refractivity contribution in [1.29, 1.82) is 0 Å². The quantitative estimate of drug-likeness (QED) is 0.0948. The zero-order chi connectivity index (χ0) is 33.8. The highest BCUT2D eigenvalue weighted by molar-refractivity contribution is 8.00. The molecule has 47 heavy (non-hydrogen) atoms. The Morgan fingerprint density at radius 3 is 2.00 bits per heavy atom. The van der Waals surface area contributed by atoms with Crippen LogP contribution < -0.4 is 30.2 Å². The van der Waals surface area contributed by atoms with Crippen LogP contribution in [0.3, 0.4) is 0 Å². The molecule has 0 bridgehead atoms. The maximum Gasteiger partial charge on any atom is 0.339 e. The number of thioether (sulfide) groups is 1. The van der Waals surface area contributed by atoms with Crippen LogP contribution >= 0.6 is 11.8 Å². The molecule has 0 aliphatic rings. The van der Waals surface area contributed by atoms with Gasteiger partial charge >= 0.3 is 5.97 Å². The summed E-state index contributed by atoms with van der Waals surface area (Å²) in [4.78, 5) is 51.9. The maximum atomic E-state index is 13.5. The number of anilines is 2. The molecule has 0 spiro atoms. The molecule has 4 aromatic carbocycles. The number of para-hydroxylation sites is 1. The second-order valence-electron chi connectivity index (χ2n) is 9.69. The summed E-state index contributed by atoms with van der Waals surface area (Å²) in [6.45, 7) is 0. The van der Waals surface area contributed by atoms with Crippen molar-refractivity contribution >= 4 is 52.9 Å². The van der Waals surface area contributed by atoms with E-state index in [2.05, 4.69) is 16.0 Å². The lowest BCUT2D eigenvalue weighted by Gasteiger charge is -2.15. The Balaban J connectivity index is 1.48. The first-order chi connectivity index (χ1) is 22.8. The number of esters is 1. The summed E-state index contributed by atoms with van der Waals surface area (Å²) in [5, 5.41) is 8.24. The summed E-state index contributed by atoms with van der Waals surface area (Å²) in [5.74, 6) is -0.692. The highest BCUT2D eigenvalue weighted by Crippen LogP contribution is 2.38. The Hall–Kier alpha value is -5.75. The van der Waals surface area contributed by atoms with Crippen LogP contribution in [0.4, 0.5) is 11.4 Å². The number of hydrogen-bond acceptors (Lipinski definition) is 9. The Bertz CT molecular complexity index is 1750. The number of ether oxygens (including phenoxy) is 4. The van der Waals surface area contributed by atoms with Crippen LogP contribution in [0.25, 0.3) is 6.08 Å². The lowest BCUT2D eigenvalue weighted by atomic mass is 10.1. The topological polar surface area (TPSA) is 141 Å². The van der Waals surface area contributed by atoms with Crippen LogP contribution in [0.1, 0.15) is 26.3 Å². The predicted molar refractivity (Wildman–Crippen MR) is 180 cm³/mol. The number of rotatable bonds is 13. The van der Waals surface area contributed by atoms with Gasteiger partial charge in [-0.25, -0.2) is 4.79 Å². The summed E-state index contributed by atoms with van der Waals surface area (Å²) < 4.78 is 21.0. The minimum atomic E-state index is -0.577. The molecule has 0 saturated carbocycles. The molecule has 0 radical (unpaired) electrons. The number of hydrogen-bond donors (Lipinski definition) is 3. The first-order valence-electron chi connectivity index (χ1n) is 14.2. The summed E-state index contributed by atoms with van der Waals surface area (Å²) in [5.41, 5.74) is 1.92. The lowest BCUT2D eigenvalue weighted by molar-refractivity contribution is -0.114. The zero-order valence-electron chi connectivity index (χ0n) is 26.1. The monoisotopic (exact) mass is 655 g/mol. The van der Waals surface area contributed by atoms with Gasteiger partial charge in [0, 0.05) is 16.1 Å². The normalized spacial score (nSPS) is 10.8. The van der Waals surface area contributed by atoms with Crippen molar-refractivity contribution in [3.8, 4) is 17.2 Å². The van der Waals surface area contributed by atoms with Gasteiger partial charge in [0.2, 0.25) is 11.7 Å². The first kappa shape index (κ1) is 34.1. The summed E-state index contributed by atoms with van der Waals surface area (Å²) in [6.07, 6.45) is 1.50. The van der Waals surface area contributed by atoms with E-state index in [0.717, 1.165) is 4.90 Å². The number of carbonyl (C=O) groups is 4. The smallest absolute Gasteiger partial charge is 0.339 e. The van der Waals surface area contributed by atoms with E-state index in [4.69, 9.17) is 18.9 Å². The van der Waals surface area contributed by atoms with Crippen LogP contribution in [0.15, 0.2) is 102 Å². The van der Waals surface area contributed by atoms with Crippen molar-refractivity contribution in [3.05, 3.63) is 113 Å². The first-order valence-corrected chi connectivity index (χ1v) is 15.1. The highest BCUT2D eigenvalue weighted by Gasteiger charge is 2.18. The average Bonchev–Trinajstić information content (AvgIpc) is 3.10. The van der Waals surface area contributed by atoms with E-state index in [1.54, 1.807) is 91.0 Å². The van der Waals surface area contributed by atoms with Gasteiger partial charge in [-0.05, 0) is 72.3 Å². The minimum absolute atomic E-state index is 0.0320. The van der Waals surface area contributed by atoms with Crippen molar-refractivity contribution in [1.82, 2.24) is 5.32 Å². The van der Waals surface area contributed by atoms with Crippen molar-refractivity contribution in [2.45, 2.75) is 4.90 Å². The molecule has 0 aliphatic heterocycles. The summed E-state index contributed by atoms with van der Waals surface area (Å²) in [7, 11) is 5.72. The maximum absolute atomic E-state index is 13.5. The van der Waals surface area contributed by atoms with E-state index in [9.17, 15) is 19.2 Å². The number of methoxy groups -OCH3 is 4. The van der Waals surface area contributed by atoms with Crippen LogP contribution in [-0.2, 0) is 14.3 Å². The van der Waals surface area contributed by atoms with Gasteiger partial charge in [0.15, 0.2) is 11.5 Å². The third-order valence-electron chi connectivity index (χ3n) is 6.62. The van der Waals surface area contributed by atoms with E-state index in [0.29, 0.717) is 39.8 Å². The Kier molecular flexibility index (Phi) is 12.0. The predicted octanol–water partition coefficient (Wildman–Crippen LogP) is 5.64. The van der Waals surface area contributed by atoms with Gasteiger partial charge in [-0.3, -0.25) is 14.4 Å². The van der Waals surface area contributed by atoms with E-state index >= 15 is 0 Å². The standard InChI is InChI=1S/C35H33N3O8S/c1-43-29-19-22(20-30(44-2)32(29)45-3)18-28(38-33(40)23-10-6-5-7-11-23)34(41)36-24-14-16-25(17-15-24)47-21-31(39)37-27-13-9-8-12-26(27)35(42)46-4/h5-20H,21H2,1-4H3,(H,36,41)(H,37,39)(H,38,40)/b28-18-. The largest absolute Gasteiger partial charge is 0.493 e. The van der Waals surface area contributed by atoms with Crippen LogP contribution in [0, 0.1) is 0 Å². The van der Waals surface area contributed by atoms with Crippen molar-refractivity contribution in [2.75, 3.05) is 44.8 Å². The molecule has 0 unspecified atom stereocenters. The van der Waals surface area contributed by atoms with Crippen molar-refractivity contribution in [3.63, 3.8) is 0 Å². The Morgan fingerprint density at radius 2 is 1.38 bits per heavy atom. The van der Waals surface area contributed by atoms with E-state index in [-0.39, 0.29) is 22.9 Å². The second kappa shape index (κ2) is 16.5. The highest BCUT2D eigenvalue weighted by atomic mass is 32.2. The van der Waals surface area contributed by atoms with Gasteiger partial charge in [-0.2, -0.15) is 0 Å². The zero-order valence-corrected chi connectivity index (χ0v) is 26.9. The van der Waals surface area contributed by atoms with Crippen molar-refractivity contribution < 1.29 is 38.1 Å². The van der Waals surface area contributed by atoms with Crippen LogP contribution in [0.5, 0.6) is 17.2 Å². The molecule has 0 atom stereocenters. The van der Waals surface area contributed by atoms with E-state index in [1.807, 2.05) is 0 Å². The average molecular weight is 656 g/mol. The number of amides is 3. The molecule has 12 heteroatoms. The Morgan fingerprint density at radius 1 is 0.745 bits per heavy atom. The van der Waals surface area contributed by atoms with E-state index < -0.39 is 17.8 Å². The fourth-order valence-electron chi connectivity index (χ4n) is 4.34. The summed E-state index contributed by atoms with van der Waals surface area (Å²) >= 11 is 1.28. The van der Waals surface area contributed by atoms with E-state index in [1.165, 1.54) is 46.3 Å². The molecular formula is C35H33N3O8S. The van der Waals surface area contributed by atoms with Crippen LogP contribution in [0.2, 0.25) is 0 Å². The molecule has 0 heterocycles. The molecule has 0 aromatic heterocycles. The van der Waals surface area contributed by atoms with Crippen molar-refractivity contribution in [2.24, 2.45) is 0 Å². The van der Waals surface area contributed by atoms with Gasteiger partial charge in [0.1, 0.15) is 5.70 Å². The molecule has 3 amide bonds. The van der Waals surface area contributed by atoms with Gasteiger partial charge in [-0.1, -0.05) is 30.3 Å². The fraction of sp³-hybridized carbons (Fsp3) is 0.143. The van der Waals surface area contributed by atoms with Crippen LogP contribution in [-0.4, -0.2) is 57.9 Å². The second-order valence-corrected chi connectivity index (χ2v) is 10.7. The molecule has 4 aromatic rings. The Labute approximate surface area is 276 Å². The molecular weight excluding hydrogens is 622 g/mol. The van der Waals surface area contributed by atoms with Gasteiger partial charge in [0.05, 0.1) is 45.4 Å². The molecule has 242 valence electrons. The number of carbonyl (C=O) groups excluding carboxylic acids is 4. The third kappa shape index (κ3) is 9.14. The number of nitrogens with one attached hydrogen (secondary N) is 3. The molecule has 3 N–H and O–H groups in total. The fourth-order valence-corrected chi connectivity index (χ4v) is 5.04. The molecule has 0 fully saturated rings. The molecule has 0 saturated heterocycles. The van der Waals surface area contributed by atoms with Gasteiger partial charge in [-0.15, -0.1) is 11.8 Å². The third-order valence-corrected chi connectivity index (χ3v) is 7.63. The molecule has 4 rings (SSSR count). The molecule has 0 aliphatic carbocycles. The lowest BCUT2D eigenvalue weighted by Crippen LogP contribution is -2.30. The molecule has 11 nitrogen and oxygen atoms in total. The van der Waals surface area contributed by atoms with Gasteiger partial charge < -0.3 is 34.9 Å². The summed E-state index contributed by atoms with van der Waals surface area (Å²) in [6, 6.07) is 25.3. The SMILES string of the molecule is COC(=O)c1ccccc1NC(=O)CSc1ccc(NC(=O)/C(=C/c2cc(OC)c(OC)c(OC)c2)NC(=O)c2ccccc2)cc1. The minimum Gasteiger partial charge on any atom is -0.493 e. The number of benzene rings is 4. The van der Waals surface area contributed by atoms with Gasteiger partial charge in [0.25, 0.3) is 11.8 Å².